The number of carbonyl (C=O) groups excluding carboxylic acids is 1. The Labute approximate surface area is 180 Å². The fraction of sp³-hybridized carbons (Fsp3) is 0.333. The smallest absolute Gasteiger partial charge is 0.336 e. The third kappa shape index (κ3) is 5.00. The van der Waals surface area contributed by atoms with E-state index in [1.165, 1.54) is 12.1 Å². The number of hydrogen-bond acceptors (Lipinski definition) is 5. The average molecular weight is 423 g/mol. The van der Waals surface area contributed by atoms with Gasteiger partial charge in [-0.1, -0.05) is 18.2 Å². The Morgan fingerprint density at radius 1 is 1.13 bits per heavy atom. The molecular formula is C24H26FN3O3. The molecule has 1 fully saturated rings. The van der Waals surface area contributed by atoms with Gasteiger partial charge in [0.25, 0.3) is 0 Å². The number of rotatable bonds is 5. The molecule has 1 aliphatic rings. The van der Waals surface area contributed by atoms with E-state index in [0.29, 0.717) is 17.8 Å². The Kier molecular flexibility index (Phi) is 6.15. The zero-order valence-corrected chi connectivity index (χ0v) is 17.7. The standard InChI is InChI=1S/C24H26FN3O3/c1-16-6-7-21-18(13-23(29)31-22(21)12-16)15-27-8-10-28(11-9-27)17(2)24(30)26-20-5-3-4-19(25)14-20/h3-7,12-14,17H,8-11,15H2,1-2H3,(H,26,30). The van der Waals surface area contributed by atoms with Gasteiger partial charge >= 0.3 is 5.63 Å². The Balaban J connectivity index is 1.37. The van der Waals surface area contributed by atoms with Crippen molar-refractivity contribution in [2.75, 3.05) is 31.5 Å². The molecule has 31 heavy (non-hydrogen) atoms. The molecule has 3 aromatic rings. The fourth-order valence-electron chi connectivity index (χ4n) is 4.00. The van der Waals surface area contributed by atoms with E-state index in [2.05, 4.69) is 15.1 Å². The first kappa shape index (κ1) is 21.2. The van der Waals surface area contributed by atoms with E-state index in [9.17, 15) is 14.0 Å². The Morgan fingerprint density at radius 3 is 2.65 bits per heavy atom. The van der Waals surface area contributed by atoms with Gasteiger partial charge in [-0.2, -0.15) is 0 Å². The minimum absolute atomic E-state index is 0.152. The van der Waals surface area contributed by atoms with Crippen molar-refractivity contribution >= 4 is 22.6 Å². The summed E-state index contributed by atoms with van der Waals surface area (Å²) in [6.45, 7) is 7.52. The minimum Gasteiger partial charge on any atom is -0.423 e. The summed E-state index contributed by atoms with van der Waals surface area (Å²) in [6, 6.07) is 13.1. The zero-order chi connectivity index (χ0) is 22.0. The molecular weight excluding hydrogens is 397 g/mol. The molecule has 6 nitrogen and oxygen atoms in total. The van der Waals surface area contributed by atoms with E-state index in [0.717, 1.165) is 42.7 Å². The van der Waals surface area contributed by atoms with Crippen molar-refractivity contribution in [1.82, 2.24) is 9.80 Å². The van der Waals surface area contributed by atoms with Crippen LogP contribution in [0.25, 0.3) is 11.0 Å². The van der Waals surface area contributed by atoms with Gasteiger partial charge in [-0.3, -0.25) is 14.6 Å². The second kappa shape index (κ2) is 8.99. The SMILES string of the molecule is Cc1ccc2c(CN3CCN(C(C)C(=O)Nc4cccc(F)c4)CC3)cc(=O)oc2c1. The number of piperazine rings is 1. The van der Waals surface area contributed by atoms with Gasteiger partial charge in [-0.05, 0) is 49.2 Å². The van der Waals surface area contributed by atoms with Crippen molar-refractivity contribution in [3.63, 3.8) is 0 Å². The quantitative estimate of drug-likeness (QED) is 0.638. The molecule has 0 aliphatic carbocycles. The van der Waals surface area contributed by atoms with Crippen molar-refractivity contribution in [2.24, 2.45) is 0 Å². The highest BCUT2D eigenvalue weighted by molar-refractivity contribution is 5.94. The molecule has 1 saturated heterocycles. The molecule has 0 bridgehead atoms. The van der Waals surface area contributed by atoms with Crippen LogP contribution in [0.5, 0.6) is 0 Å². The maximum absolute atomic E-state index is 13.3. The van der Waals surface area contributed by atoms with Crippen LogP contribution in [0.3, 0.4) is 0 Å². The van der Waals surface area contributed by atoms with Crippen LogP contribution in [0.15, 0.2) is 57.7 Å². The van der Waals surface area contributed by atoms with Crippen molar-refractivity contribution < 1.29 is 13.6 Å². The molecule has 1 amide bonds. The summed E-state index contributed by atoms with van der Waals surface area (Å²) in [5.74, 6) is -0.530. The first-order valence-corrected chi connectivity index (χ1v) is 10.5. The molecule has 4 rings (SSSR count). The molecule has 1 atom stereocenters. The summed E-state index contributed by atoms with van der Waals surface area (Å²) in [5, 5.41) is 3.74. The van der Waals surface area contributed by atoms with Gasteiger partial charge < -0.3 is 9.73 Å². The number of amides is 1. The lowest BCUT2D eigenvalue weighted by molar-refractivity contribution is -0.121. The van der Waals surface area contributed by atoms with Gasteiger partial charge in [0.05, 0.1) is 6.04 Å². The topological polar surface area (TPSA) is 65.8 Å². The summed E-state index contributed by atoms with van der Waals surface area (Å²) < 4.78 is 18.7. The van der Waals surface area contributed by atoms with Gasteiger partial charge in [0.15, 0.2) is 0 Å². The highest BCUT2D eigenvalue weighted by atomic mass is 19.1. The van der Waals surface area contributed by atoms with Crippen LogP contribution in [-0.4, -0.2) is 47.9 Å². The van der Waals surface area contributed by atoms with Crippen LogP contribution in [0.2, 0.25) is 0 Å². The first-order valence-electron chi connectivity index (χ1n) is 10.5. The Morgan fingerprint density at radius 2 is 1.90 bits per heavy atom. The second-order valence-electron chi connectivity index (χ2n) is 8.08. The number of nitrogens with one attached hydrogen (secondary N) is 1. The lowest BCUT2D eigenvalue weighted by Gasteiger charge is -2.37. The van der Waals surface area contributed by atoms with Gasteiger partial charge in [0.2, 0.25) is 5.91 Å². The number of nitrogens with zero attached hydrogens (tertiary/aromatic N) is 2. The van der Waals surface area contributed by atoms with Crippen molar-refractivity contribution in [3.8, 4) is 0 Å². The Bertz CT molecular complexity index is 1150. The Hall–Kier alpha value is -3.03. The fourth-order valence-corrected chi connectivity index (χ4v) is 4.00. The van der Waals surface area contributed by atoms with E-state index < -0.39 is 0 Å². The van der Waals surface area contributed by atoms with E-state index in [-0.39, 0.29) is 23.4 Å². The monoisotopic (exact) mass is 423 g/mol. The van der Waals surface area contributed by atoms with Gasteiger partial charge in [-0.15, -0.1) is 0 Å². The number of halogens is 1. The van der Waals surface area contributed by atoms with E-state index in [1.54, 1.807) is 18.2 Å². The summed E-state index contributed by atoms with van der Waals surface area (Å²) in [4.78, 5) is 29.0. The molecule has 0 radical (unpaired) electrons. The molecule has 1 unspecified atom stereocenters. The summed E-state index contributed by atoms with van der Waals surface area (Å²) >= 11 is 0. The van der Waals surface area contributed by atoms with Gasteiger partial charge in [0, 0.05) is 49.9 Å². The number of anilines is 1. The summed E-state index contributed by atoms with van der Waals surface area (Å²) in [5.41, 5.74) is 2.74. The number of benzene rings is 2. The molecule has 2 heterocycles. The van der Waals surface area contributed by atoms with Crippen molar-refractivity contribution in [1.29, 1.82) is 0 Å². The highest BCUT2D eigenvalue weighted by Gasteiger charge is 2.26. The maximum atomic E-state index is 13.3. The number of carbonyl (C=O) groups is 1. The molecule has 0 spiro atoms. The zero-order valence-electron chi connectivity index (χ0n) is 17.7. The van der Waals surface area contributed by atoms with E-state index in [1.807, 2.05) is 32.0 Å². The second-order valence-corrected chi connectivity index (χ2v) is 8.08. The van der Waals surface area contributed by atoms with Gasteiger partial charge in [-0.25, -0.2) is 9.18 Å². The van der Waals surface area contributed by atoms with Crippen LogP contribution < -0.4 is 10.9 Å². The molecule has 7 heteroatoms. The molecule has 2 aromatic carbocycles. The molecule has 0 saturated carbocycles. The van der Waals surface area contributed by atoms with Gasteiger partial charge in [0.1, 0.15) is 11.4 Å². The summed E-state index contributed by atoms with van der Waals surface area (Å²) in [6.07, 6.45) is 0. The normalized spacial score (nSPS) is 16.4. The predicted octanol–water partition coefficient (Wildman–Crippen LogP) is 3.39. The van der Waals surface area contributed by atoms with Crippen molar-refractivity contribution in [3.05, 3.63) is 75.9 Å². The van der Waals surface area contributed by atoms with E-state index in [4.69, 9.17) is 4.42 Å². The van der Waals surface area contributed by atoms with Crippen LogP contribution in [-0.2, 0) is 11.3 Å². The highest BCUT2D eigenvalue weighted by Crippen LogP contribution is 2.21. The summed E-state index contributed by atoms with van der Waals surface area (Å²) in [7, 11) is 0. The molecule has 1 N–H and O–H groups in total. The van der Waals surface area contributed by atoms with Crippen molar-refractivity contribution in [2.45, 2.75) is 26.4 Å². The molecule has 1 aromatic heterocycles. The molecule has 162 valence electrons. The predicted molar refractivity (Wildman–Crippen MR) is 119 cm³/mol. The third-order valence-corrected chi connectivity index (χ3v) is 5.81. The van der Waals surface area contributed by atoms with Crippen LogP contribution in [0.1, 0.15) is 18.1 Å². The van der Waals surface area contributed by atoms with Crippen LogP contribution in [0.4, 0.5) is 10.1 Å². The van der Waals surface area contributed by atoms with E-state index >= 15 is 0 Å². The number of aryl methyl sites for hydroxylation is 1. The maximum Gasteiger partial charge on any atom is 0.336 e. The largest absolute Gasteiger partial charge is 0.423 e. The lowest BCUT2D eigenvalue weighted by Crippen LogP contribution is -2.52. The minimum atomic E-state index is -0.378. The third-order valence-electron chi connectivity index (χ3n) is 5.81. The van der Waals surface area contributed by atoms with Crippen LogP contribution >= 0.6 is 0 Å². The number of fused-ring (bicyclic) bond motifs is 1. The number of hydrogen-bond donors (Lipinski definition) is 1. The molecule has 1 aliphatic heterocycles. The average Bonchev–Trinajstić information content (AvgIpc) is 2.73. The first-order chi connectivity index (χ1) is 14.9. The lowest BCUT2D eigenvalue weighted by atomic mass is 10.1. The van der Waals surface area contributed by atoms with Crippen LogP contribution in [0, 0.1) is 12.7 Å².